The second-order valence-corrected chi connectivity index (χ2v) is 7.13. The van der Waals surface area contributed by atoms with Crippen LogP contribution in [0.1, 0.15) is 11.3 Å². The van der Waals surface area contributed by atoms with E-state index >= 15 is 0 Å². The van der Waals surface area contributed by atoms with Gasteiger partial charge in [-0.05, 0) is 24.6 Å². The van der Waals surface area contributed by atoms with Crippen LogP contribution in [0.4, 0.5) is 5.69 Å². The Morgan fingerprint density at radius 3 is 2.71 bits per heavy atom. The Morgan fingerprint density at radius 1 is 1.29 bits per heavy atom. The fraction of sp³-hybridized carbons (Fsp3) is 0.400. The Kier molecular flexibility index (Phi) is 6.72. The zero-order valence-electron chi connectivity index (χ0n) is 16.0. The van der Waals surface area contributed by atoms with Gasteiger partial charge in [0.25, 0.3) is 0 Å². The quantitative estimate of drug-likeness (QED) is 0.798. The fourth-order valence-corrected chi connectivity index (χ4v) is 3.23. The Labute approximate surface area is 168 Å². The van der Waals surface area contributed by atoms with Crippen LogP contribution in [0.25, 0.3) is 0 Å². The highest BCUT2D eigenvalue weighted by atomic mass is 35.5. The molecule has 2 aromatic rings. The van der Waals surface area contributed by atoms with E-state index in [1.54, 1.807) is 22.9 Å². The lowest BCUT2D eigenvalue weighted by atomic mass is 10.2. The number of morpholine rings is 1. The minimum atomic E-state index is -0.214. The number of anilines is 1. The van der Waals surface area contributed by atoms with Gasteiger partial charge in [-0.15, -0.1) is 0 Å². The summed E-state index contributed by atoms with van der Waals surface area (Å²) in [4.78, 5) is 27.0. The first-order chi connectivity index (χ1) is 13.5. The third kappa shape index (κ3) is 5.13. The van der Waals surface area contributed by atoms with Gasteiger partial charge in [0.15, 0.2) is 5.75 Å². The molecule has 0 bridgehead atoms. The number of aryl methyl sites for hydroxylation is 1. The topological polar surface area (TPSA) is 72.8 Å². The maximum absolute atomic E-state index is 12.6. The SMILES string of the molecule is COc1cn(CC(=O)Nc2ccc(C)c(Cl)c2)c(CN2CCOCC2)cc1=O. The minimum absolute atomic E-state index is 0.0574. The molecule has 3 rings (SSSR count). The summed E-state index contributed by atoms with van der Waals surface area (Å²) >= 11 is 6.12. The average molecular weight is 406 g/mol. The van der Waals surface area contributed by atoms with Crippen molar-refractivity contribution in [1.29, 1.82) is 0 Å². The van der Waals surface area contributed by atoms with Gasteiger partial charge in [0.2, 0.25) is 11.3 Å². The number of pyridine rings is 1. The highest BCUT2D eigenvalue weighted by molar-refractivity contribution is 6.31. The second-order valence-electron chi connectivity index (χ2n) is 6.73. The van der Waals surface area contributed by atoms with Crippen molar-refractivity contribution >= 4 is 23.2 Å². The number of aromatic nitrogens is 1. The number of halogens is 1. The molecule has 0 unspecified atom stereocenters. The number of methoxy groups -OCH3 is 1. The molecule has 150 valence electrons. The molecule has 2 heterocycles. The predicted molar refractivity (Wildman–Crippen MR) is 108 cm³/mol. The van der Waals surface area contributed by atoms with E-state index in [2.05, 4.69) is 10.2 Å². The van der Waals surface area contributed by atoms with E-state index in [9.17, 15) is 9.59 Å². The summed E-state index contributed by atoms with van der Waals surface area (Å²) in [6.07, 6.45) is 1.58. The van der Waals surface area contributed by atoms with E-state index in [1.165, 1.54) is 13.2 Å². The van der Waals surface area contributed by atoms with E-state index < -0.39 is 0 Å². The smallest absolute Gasteiger partial charge is 0.244 e. The predicted octanol–water partition coefficient (Wildman–Crippen LogP) is 2.29. The number of ether oxygens (including phenoxy) is 2. The maximum atomic E-state index is 12.6. The van der Waals surface area contributed by atoms with Crippen LogP contribution in [-0.2, 0) is 22.6 Å². The first-order valence-corrected chi connectivity index (χ1v) is 9.47. The summed E-state index contributed by atoms with van der Waals surface area (Å²) in [6.45, 7) is 5.42. The first kappa shape index (κ1) is 20.4. The molecule has 1 N–H and O–H groups in total. The molecule has 1 amide bonds. The molecule has 1 aromatic carbocycles. The monoisotopic (exact) mass is 405 g/mol. The number of hydrogen-bond donors (Lipinski definition) is 1. The van der Waals surface area contributed by atoms with Gasteiger partial charge >= 0.3 is 0 Å². The van der Waals surface area contributed by atoms with Crippen molar-refractivity contribution in [3.63, 3.8) is 0 Å². The van der Waals surface area contributed by atoms with E-state index in [-0.39, 0.29) is 23.6 Å². The number of hydrogen-bond acceptors (Lipinski definition) is 5. The summed E-state index contributed by atoms with van der Waals surface area (Å²) in [5, 5.41) is 3.44. The third-order valence-corrected chi connectivity index (χ3v) is 5.07. The molecule has 1 saturated heterocycles. The van der Waals surface area contributed by atoms with Crippen LogP contribution in [0, 0.1) is 6.92 Å². The lowest BCUT2D eigenvalue weighted by molar-refractivity contribution is -0.116. The molecule has 28 heavy (non-hydrogen) atoms. The van der Waals surface area contributed by atoms with Crippen LogP contribution in [0.15, 0.2) is 35.3 Å². The zero-order valence-corrected chi connectivity index (χ0v) is 16.8. The summed E-state index contributed by atoms with van der Waals surface area (Å²) in [5.41, 5.74) is 2.12. The standard InChI is InChI=1S/C20H24ClN3O4/c1-14-3-4-15(9-17(14)21)22-20(26)13-24-12-19(27-2)18(25)10-16(24)11-23-5-7-28-8-6-23/h3-4,9-10,12H,5-8,11,13H2,1-2H3,(H,22,26). The summed E-state index contributed by atoms with van der Waals surface area (Å²) < 4.78 is 12.3. The second kappa shape index (κ2) is 9.23. The normalized spacial score (nSPS) is 14.7. The Hall–Kier alpha value is -2.35. The molecule has 0 radical (unpaired) electrons. The van der Waals surface area contributed by atoms with E-state index in [0.29, 0.717) is 30.5 Å². The Morgan fingerprint density at radius 2 is 2.04 bits per heavy atom. The van der Waals surface area contributed by atoms with E-state index in [4.69, 9.17) is 21.1 Å². The minimum Gasteiger partial charge on any atom is -0.491 e. The van der Waals surface area contributed by atoms with Gasteiger partial charge in [-0.2, -0.15) is 0 Å². The van der Waals surface area contributed by atoms with Crippen molar-refractivity contribution in [1.82, 2.24) is 9.47 Å². The first-order valence-electron chi connectivity index (χ1n) is 9.09. The Balaban J connectivity index is 1.78. The molecule has 0 atom stereocenters. The van der Waals surface area contributed by atoms with Crippen LogP contribution in [0.3, 0.4) is 0 Å². The van der Waals surface area contributed by atoms with E-state index in [0.717, 1.165) is 24.3 Å². The molecule has 0 aliphatic carbocycles. The highest BCUT2D eigenvalue weighted by Gasteiger charge is 2.16. The van der Waals surface area contributed by atoms with Crippen LogP contribution in [0.5, 0.6) is 5.75 Å². The molecule has 8 heteroatoms. The largest absolute Gasteiger partial charge is 0.491 e. The van der Waals surface area contributed by atoms with Gasteiger partial charge in [0.05, 0.1) is 26.5 Å². The number of carbonyl (C=O) groups is 1. The van der Waals surface area contributed by atoms with Crippen molar-refractivity contribution in [3.05, 3.63) is 57.0 Å². The number of nitrogens with zero attached hydrogens (tertiary/aromatic N) is 2. The van der Waals surface area contributed by atoms with E-state index in [1.807, 2.05) is 13.0 Å². The molecule has 7 nitrogen and oxygen atoms in total. The number of amides is 1. The summed E-state index contributed by atoms with van der Waals surface area (Å²) in [7, 11) is 1.44. The van der Waals surface area contributed by atoms with Crippen molar-refractivity contribution < 1.29 is 14.3 Å². The third-order valence-electron chi connectivity index (χ3n) is 4.66. The van der Waals surface area contributed by atoms with Crippen molar-refractivity contribution in [3.8, 4) is 5.75 Å². The van der Waals surface area contributed by atoms with Gasteiger partial charge in [-0.3, -0.25) is 14.5 Å². The molecule has 1 aliphatic heterocycles. The molecule has 0 saturated carbocycles. The summed E-state index contributed by atoms with van der Waals surface area (Å²) in [6, 6.07) is 6.91. The maximum Gasteiger partial charge on any atom is 0.244 e. The van der Waals surface area contributed by atoms with Gasteiger partial charge < -0.3 is 19.4 Å². The lowest BCUT2D eigenvalue weighted by Gasteiger charge is -2.27. The molecular formula is C20H24ClN3O4. The van der Waals surface area contributed by atoms with Crippen LogP contribution < -0.4 is 15.5 Å². The average Bonchev–Trinajstić information content (AvgIpc) is 2.67. The number of carbonyl (C=O) groups excluding carboxylic acids is 1. The number of nitrogens with one attached hydrogen (secondary N) is 1. The molecule has 1 aromatic heterocycles. The van der Waals surface area contributed by atoms with Crippen molar-refractivity contribution in [2.45, 2.75) is 20.0 Å². The van der Waals surface area contributed by atoms with Crippen LogP contribution in [-0.4, -0.2) is 48.8 Å². The molecular weight excluding hydrogens is 382 g/mol. The van der Waals surface area contributed by atoms with Crippen LogP contribution in [0.2, 0.25) is 5.02 Å². The fourth-order valence-electron chi connectivity index (χ4n) is 3.04. The van der Waals surface area contributed by atoms with Crippen molar-refractivity contribution in [2.24, 2.45) is 0 Å². The van der Waals surface area contributed by atoms with Gasteiger partial charge in [-0.1, -0.05) is 17.7 Å². The summed E-state index contributed by atoms with van der Waals surface area (Å²) in [5.74, 6) is -0.00856. The van der Waals surface area contributed by atoms with Gasteiger partial charge in [0, 0.05) is 42.1 Å². The Bertz CT molecular complexity index is 907. The molecule has 1 fully saturated rings. The molecule has 1 aliphatic rings. The van der Waals surface area contributed by atoms with Gasteiger partial charge in [-0.25, -0.2) is 0 Å². The number of rotatable bonds is 6. The van der Waals surface area contributed by atoms with Crippen molar-refractivity contribution in [2.75, 3.05) is 38.7 Å². The number of benzene rings is 1. The zero-order chi connectivity index (χ0) is 20.1. The molecule has 0 spiro atoms. The van der Waals surface area contributed by atoms with Gasteiger partial charge in [0.1, 0.15) is 6.54 Å². The lowest BCUT2D eigenvalue weighted by Crippen LogP contribution is -2.37. The van der Waals surface area contributed by atoms with Crippen LogP contribution >= 0.6 is 11.6 Å². The highest BCUT2D eigenvalue weighted by Crippen LogP contribution is 2.20.